The maximum absolute atomic E-state index is 11.0. The normalized spacial score (nSPS) is 9.47. The van der Waals surface area contributed by atoms with E-state index in [-0.39, 0.29) is 31.9 Å². The van der Waals surface area contributed by atoms with Gasteiger partial charge in [0.05, 0.1) is 13.1 Å². The summed E-state index contributed by atoms with van der Waals surface area (Å²) < 4.78 is 9.32. The topological polar surface area (TPSA) is 102 Å². The third-order valence-corrected chi connectivity index (χ3v) is 1.47. The molecule has 0 bridgehead atoms. The number of esters is 2. The van der Waals surface area contributed by atoms with Crippen LogP contribution in [0.25, 0.3) is 0 Å². The molecule has 96 valence electrons. The number of hydrogen-bond donors (Lipinski definition) is 2. The van der Waals surface area contributed by atoms with E-state index >= 15 is 0 Å². The van der Waals surface area contributed by atoms with Gasteiger partial charge in [-0.1, -0.05) is 6.58 Å². The standard InChI is InChI=1S/C10H15NO6/c1-7(2)10(15)17-4-3-16-9(14)6-11-5-8(12)13/h11H,1,3-6H2,2H3,(H,12,13). The molecule has 0 aromatic carbocycles. The maximum Gasteiger partial charge on any atom is 0.333 e. The first-order valence-electron chi connectivity index (χ1n) is 4.84. The molecule has 0 spiro atoms. The van der Waals surface area contributed by atoms with Gasteiger partial charge in [0.25, 0.3) is 0 Å². The molecule has 2 N–H and O–H groups in total. The SMILES string of the molecule is C=C(C)C(=O)OCCOC(=O)CNCC(=O)O. The largest absolute Gasteiger partial charge is 0.480 e. The molecule has 0 fully saturated rings. The van der Waals surface area contributed by atoms with Gasteiger partial charge in [0.1, 0.15) is 13.2 Å². The van der Waals surface area contributed by atoms with E-state index in [2.05, 4.69) is 21.4 Å². The molecule has 17 heavy (non-hydrogen) atoms. The summed E-state index contributed by atoms with van der Waals surface area (Å²) in [6.45, 7) is 4.22. The van der Waals surface area contributed by atoms with E-state index < -0.39 is 17.9 Å². The summed E-state index contributed by atoms with van der Waals surface area (Å²) in [7, 11) is 0. The Hall–Kier alpha value is -1.89. The number of carboxylic acids is 1. The molecule has 0 radical (unpaired) electrons. The highest BCUT2D eigenvalue weighted by Gasteiger charge is 2.05. The van der Waals surface area contributed by atoms with Crippen LogP contribution in [0.3, 0.4) is 0 Å². The molecule has 0 atom stereocenters. The molecule has 0 unspecified atom stereocenters. The highest BCUT2D eigenvalue weighted by Crippen LogP contribution is 1.91. The lowest BCUT2D eigenvalue weighted by Crippen LogP contribution is -2.30. The average molecular weight is 245 g/mol. The molecule has 0 rings (SSSR count). The first-order valence-corrected chi connectivity index (χ1v) is 4.84. The second-order valence-electron chi connectivity index (χ2n) is 3.13. The van der Waals surface area contributed by atoms with Gasteiger partial charge in [-0.3, -0.25) is 14.9 Å². The zero-order valence-electron chi connectivity index (χ0n) is 9.52. The van der Waals surface area contributed by atoms with Gasteiger partial charge in [-0.25, -0.2) is 4.79 Å². The molecule has 0 aliphatic rings. The Morgan fingerprint density at radius 2 is 1.76 bits per heavy atom. The monoisotopic (exact) mass is 245 g/mol. The number of hydrogen-bond acceptors (Lipinski definition) is 6. The van der Waals surface area contributed by atoms with Crippen molar-refractivity contribution >= 4 is 17.9 Å². The molecule has 0 aliphatic carbocycles. The highest BCUT2D eigenvalue weighted by atomic mass is 16.6. The van der Waals surface area contributed by atoms with Crippen molar-refractivity contribution in [2.45, 2.75) is 6.92 Å². The van der Waals surface area contributed by atoms with Crippen LogP contribution >= 0.6 is 0 Å². The number of ether oxygens (including phenoxy) is 2. The number of carbonyl (C=O) groups is 3. The smallest absolute Gasteiger partial charge is 0.333 e. The average Bonchev–Trinajstić information content (AvgIpc) is 2.23. The van der Waals surface area contributed by atoms with Crippen molar-refractivity contribution in [1.82, 2.24) is 5.32 Å². The van der Waals surface area contributed by atoms with Gasteiger partial charge >= 0.3 is 17.9 Å². The zero-order valence-corrected chi connectivity index (χ0v) is 9.52. The van der Waals surface area contributed by atoms with E-state index in [1.54, 1.807) is 0 Å². The molecule has 0 saturated heterocycles. The van der Waals surface area contributed by atoms with Crippen molar-refractivity contribution in [3.05, 3.63) is 12.2 Å². The van der Waals surface area contributed by atoms with Crippen molar-refractivity contribution in [1.29, 1.82) is 0 Å². The van der Waals surface area contributed by atoms with E-state index in [0.717, 1.165) is 0 Å². The molecular weight excluding hydrogens is 230 g/mol. The molecule has 0 aromatic rings. The number of rotatable bonds is 8. The summed E-state index contributed by atoms with van der Waals surface area (Å²) in [6, 6.07) is 0. The Labute approximate surface area is 98.4 Å². The van der Waals surface area contributed by atoms with Crippen molar-refractivity contribution in [2.24, 2.45) is 0 Å². The Balaban J connectivity index is 3.48. The van der Waals surface area contributed by atoms with Crippen LogP contribution in [-0.2, 0) is 23.9 Å². The van der Waals surface area contributed by atoms with Crippen LogP contribution in [0.15, 0.2) is 12.2 Å². The minimum absolute atomic E-state index is 0.0592. The summed E-state index contributed by atoms with van der Waals surface area (Å²) in [5.41, 5.74) is 0.263. The minimum atomic E-state index is -1.06. The molecule has 0 aliphatic heterocycles. The molecule has 0 saturated carbocycles. The fraction of sp³-hybridized carbons (Fsp3) is 0.500. The Morgan fingerprint density at radius 1 is 1.18 bits per heavy atom. The molecule has 0 aromatic heterocycles. The van der Waals surface area contributed by atoms with Crippen molar-refractivity contribution in [3.8, 4) is 0 Å². The summed E-state index contributed by atoms with van der Waals surface area (Å²) in [6.07, 6.45) is 0. The molecule has 0 heterocycles. The van der Waals surface area contributed by atoms with E-state index in [0.29, 0.717) is 0 Å². The Bertz CT molecular complexity index is 312. The van der Waals surface area contributed by atoms with Crippen LogP contribution in [0.5, 0.6) is 0 Å². The zero-order chi connectivity index (χ0) is 13.3. The van der Waals surface area contributed by atoms with Crippen molar-refractivity contribution in [2.75, 3.05) is 26.3 Å². The Kier molecular flexibility index (Phi) is 7.36. The molecule has 7 nitrogen and oxygen atoms in total. The van der Waals surface area contributed by atoms with Crippen LogP contribution in [0.2, 0.25) is 0 Å². The van der Waals surface area contributed by atoms with Gasteiger partial charge in [-0.15, -0.1) is 0 Å². The predicted molar refractivity (Wildman–Crippen MR) is 57.2 cm³/mol. The lowest BCUT2D eigenvalue weighted by Gasteiger charge is -2.06. The van der Waals surface area contributed by atoms with Crippen LogP contribution in [0, 0.1) is 0 Å². The second-order valence-corrected chi connectivity index (χ2v) is 3.13. The van der Waals surface area contributed by atoms with Crippen LogP contribution < -0.4 is 5.32 Å². The summed E-state index contributed by atoms with van der Waals surface area (Å²) >= 11 is 0. The summed E-state index contributed by atoms with van der Waals surface area (Å²) in [4.78, 5) is 32.0. The van der Waals surface area contributed by atoms with E-state index in [4.69, 9.17) is 5.11 Å². The minimum Gasteiger partial charge on any atom is -0.480 e. The molecular formula is C10H15NO6. The van der Waals surface area contributed by atoms with Gasteiger partial charge in [0.15, 0.2) is 0 Å². The number of carbonyl (C=O) groups excluding carboxylic acids is 2. The quantitative estimate of drug-likeness (QED) is 0.332. The van der Waals surface area contributed by atoms with Gasteiger partial charge in [0.2, 0.25) is 0 Å². The summed E-state index contributed by atoms with van der Waals surface area (Å²) in [5.74, 6) is -2.23. The van der Waals surface area contributed by atoms with Crippen LogP contribution in [0.4, 0.5) is 0 Å². The fourth-order valence-electron chi connectivity index (χ4n) is 0.736. The van der Waals surface area contributed by atoms with E-state index in [1.807, 2.05) is 0 Å². The molecule has 0 amide bonds. The van der Waals surface area contributed by atoms with Gasteiger partial charge in [-0.2, -0.15) is 0 Å². The second kappa shape index (κ2) is 8.28. The van der Waals surface area contributed by atoms with Gasteiger partial charge in [-0.05, 0) is 6.92 Å². The van der Waals surface area contributed by atoms with E-state index in [9.17, 15) is 14.4 Å². The highest BCUT2D eigenvalue weighted by molar-refractivity contribution is 5.86. The Morgan fingerprint density at radius 3 is 2.29 bits per heavy atom. The van der Waals surface area contributed by atoms with Crippen LogP contribution in [-0.4, -0.2) is 49.3 Å². The van der Waals surface area contributed by atoms with Gasteiger partial charge in [0, 0.05) is 5.57 Å². The third-order valence-electron chi connectivity index (χ3n) is 1.47. The number of aliphatic carboxylic acids is 1. The lowest BCUT2D eigenvalue weighted by atomic mass is 10.4. The third kappa shape index (κ3) is 9.06. The number of nitrogens with one attached hydrogen (secondary N) is 1. The number of carboxylic acid groups (broad SMARTS) is 1. The lowest BCUT2D eigenvalue weighted by molar-refractivity contribution is -0.149. The van der Waals surface area contributed by atoms with Crippen molar-refractivity contribution in [3.63, 3.8) is 0 Å². The van der Waals surface area contributed by atoms with Crippen LogP contribution in [0.1, 0.15) is 6.92 Å². The first kappa shape index (κ1) is 15.1. The predicted octanol–water partition coefficient (Wildman–Crippen LogP) is -0.677. The fourth-order valence-corrected chi connectivity index (χ4v) is 0.736. The maximum atomic E-state index is 11.0. The summed E-state index contributed by atoms with van der Waals surface area (Å²) in [5, 5.41) is 10.6. The molecule has 7 heteroatoms. The van der Waals surface area contributed by atoms with Gasteiger partial charge < -0.3 is 14.6 Å². The first-order chi connectivity index (χ1) is 7.93. The van der Waals surface area contributed by atoms with Crippen molar-refractivity contribution < 1.29 is 29.0 Å². The van der Waals surface area contributed by atoms with E-state index in [1.165, 1.54) is 6.92 Å².